The largest absolute Gasteiger partial charge is 0.396 e. The summed E-state index contributed by atoms with van der Waals surface area (Å²) in [6, 6.07) is 12.5. The van der Waals surface area contributed by atoms with E-state index in [4.69, 9.17) is 10.5 Å². The van der Waals surface area contributed by atoms with E-state index in [9.17, 15) is 9.18 Å². The highest BCUT2D eigenvalue weighted by atomic mass is 19.1. The third-order valence-corrected chi connectivity index (χ3v) is 5.12. The highest BCUT2D eigenvalue weighted by Gasteiger charge is 2.43. The van der Waals surface area contributed by atoms with Gasteiger partial charge in [0.2, 0.25) is 0 Å². The molecule has 2 aliphatic heterocycles. The van der Waals surface area contributed by atoms with Crippen molar-refractivity contribution in [3.05, 3.63) is 65.0 Å². The van der Waals surface area contributed by atoms with Gasteiger partial charge in [-0.2, -0.15) is 0 Å². The number of ether oxygens (including phenoxy) is 1. The number of halogens is 1. The number of carbonyl (C=O) groups is 1. The summed E-state index contributed by atoms with van der Waals surface area (Å²) >= 11 is 0. The molecule has 5 heteroatoms. The van der Waals surface area contributed by atoms with E-state index in [-0.39, 0.29) is 17.2 Å². The van der Waals surface area contributed by atoms with E-state index in [0.717, 1.165) is 12.8 Å². The van der Waals surface area contributed by atoms with Gasteiger partial charge in [0, 0.05) is 18.7 Å². The van der Waals surface area contributed by atoms with Crippen molar-refractivity contribution in [3.8, 4) is 0 Å². The average molecular weight is 326 g/mol. The molecule has 0 saturated carbocycles. The number of nitrogen functional groups attached to an aromatic ring is 1. The van der Waals surface area contributed by atoms with Crippen LogP contribution in [-0.4, -0.2) is 23.9 Å². The highest BCUT2D eigenvalue weighted by Crippen LogP contribution is 2.44. The quantitative estimate of drug-likeness (QED) is 0.820. The van der Waals surface area contributed by atoms with Crippen LogP contribution in [0.1, 0.15) is 34.3 Å². The predicted molar refractivity (Wildman–Crippen MR) is 88.9 cm³/mol. The second-order valence-electron chi connectivity index (χ2n) is 6.47. The summed E-state index contributed by atoms with van der Waals surface area (Å²) in [6.45, 7) is 1.83. The summed E-state index contributed by atoms with van der Waals surface area (Å²) in [5.74, 6) is -0.711. The first-order valence-corrected chi connectivity index (χ1v) is 8.16. The molecule has 2 aromatic rings. The van der Waals surface area contributed by atoms with Crippen molar-refractivity contribution in [2.75, 3.05) is 18.8 Å². The number of nitrogens with two attached hydrogens (primary N) is 1. The molecule has 1 amide bonds. The number of hydrogen-bond acceptors (Lipinski definition) is 3. The predicted octanol–water partition coefficient (Wildman–Crippen LogP) is 3.07. The summed E-state index contributed by atoms with van der Waals surface area (Å²) in [5.41, 5.74) is 8.07. The van der Waals surface area contributed by atoms with Gasteiger partial charge in [-0.1, -0.05) is 24.3 Å². The van der Waals surface area contributed by atoms with Crippen LogP contribution >= 0.6 is 0 Å². The summed E-state index contributed by atoms with van der Waals surface area (Å²) < 4.78 is 19.7. The van der Waals surface area contributed by atoms with E-state index in [1.807, 2.05) is 12.1 Å². The molecule has 0 aliphatic carbocycles. The molecule has 0 radical (unpaired) electrons. The zero-order chi connectivity index (χ0) is 16.7. The summed E-state index contributed by atoms with van der Waals surface area (Å²) in [5, 5.41) is 0. The standard InChI is InChI=1S/C19H19FN2O2/c20-16-11-13(5-6-17(16)21)18(23)22-9-7-19(8-10-22)15-4-2-1-3-14(15)12-24-19/h1-6,11H,7-10,12,21H2. The van der Waals surface area contributed by atoms with Crippen molar-refractivity contribution >= 4 is 11.6 Å². The molecule has 2 N–H and O–H groups in total. The molecule has 4 rings (SSSR count). The van der Waals surface area contributed by atoms with Crippen LogP contribution in [0, 0.1) is 5.82 Å². The molecule has 4 nitrogen and oxygen atoms in total. The number of anilines is 1. The van der Waals surface area contributed by atoms with Crippen LogP contribution in [0.4, 0.5) is 10.1 Å². The Kier molecular flexibility index (Phi) is 3.53. The van der Waals surface area contributed by atoms with Crippen LogP contribution in [0.2, 0.25) is 0 Å². The second kappa shape index (κ2) is 5.60. The molecule has 2 heterocycles. The van der Waals surface area contributed by atoms with Crippen molar-refractivity contribution in [1.29, 1.82) is 0 Å². The Morgan fingerprint density at radius 3 is 2.67 bits per heavy atom. The van der Waals surface area contributed by atoms with E-state index in [0.29, 0.717) is 25.3 Å². The third-order valence-electron chi connectivity index (χ3n) is 5.12. The molecule has 2 aliphatic rings. The van der Waals surface area contributed by atoms with Gasteiger partial charge >= 0.3 is 0 Å². The number of amides is 1. The van der Waals surface area contributed by atoms with Gasteiger partial charge in [0.05, 0.1) is 17.9 Å². The molecule has 24 heavy (non-hydrogen) atoms. The Labute approximate surface area is 140 Å². The Morgan fingerprint density at radius 2 is 1.92 bits per heavy atom. The Balaban J connectivity index is 1.50. The summed E-state index contributed by atoms with van der Waals surface area (Å²) in [6.07, 6.45) is 1.51. The van der Waals surface area contributed by atoms with E-state index in [1.165, 1.54) is 23.3 Å². The van der Waals surface area contributed by atoms with Gasteiger partial charge in [-0.05, 0) is 42.2 Å². The van der Waals surface area contributed by atoms with Crippen LogP contribution < -0.4 is 5.73 Å². The summed E-state index contributed by atoms with van der Waals surface area (Å²) in [7, 11) is 0. The third kappa shape index (κ3) is 2.36. The highest BCUT2D eigenvalue weighted by molar-refractivity contribution is 5.94. The molecule has 124 valence electrons. The number of piperidine rings is 1. The molecule has 1 saturated heterocycles. The van der Waals surface area contributed by atoms with Crippen LogP contribution in [0.3, 0.4) is 0 Å². The first-order chi connectivity index (χ1) is 11.6. The van der Waals surface area contributed by atoms with Crippen LogP contribution in [0.15, 0.2) is 42.5 Å². The Morgan fingerprint density at radius 1 is 1.17 bits per heavy atom. The van der Waals surface area contributed by atoms with Gasteiger partial charge in [-0.25, -0.2) is 4.39 Å². The minimum absolute atomic E-state index is 0.0557. The maximum atomic E-state index is 13.6. The van der Waals surface area contributed by atoms with Crippen molar-refractivity contribution < 1.29 is 13.9 Å². The molecule has 0 aromatic heterocycles. The zero-order valence-electron chi connectivity index (χ0n) is 13.3. The van der Waals surface area contributed by atoms with Crippen LogP contribution in [0.25, 0.3) is 0 Å². The van der Waals surface area contributed by atoms with E-state index >= 15 is 0 Å². The normalized spacial score (nSPS) is 18.6. The molecule has 0 unspecified atom stereocenters. The Hall–Kier alpha value is -2.40. The average Bonchev–Trinajstić information content (AvgIpc) is 2.96. The number of rotatable bonds is 1. The van der Waals surface area contributed by atoms with Gasteiger partial charge in [-0.15, -0.1) is 0 Å². The Bertz CT molecular complexity index is 798. The molecular formula is C19H19FN2O2. The van der Waals surface area contributed by atoms with Gasteiger partial charge in [0.1, 0.15) is 5.82 Å². The maximum Gasteiger partial charge on any atom is 0.253 e. The van der Waals surface area contributed by atoms with E-state index < -0.39 is 5.82 Å². The fourth-order valence-corrected chi connectivity index (χ4v) is 3.71. The lowest BCUT2D eigenvalue weighted by Crippen LogP contribution is -2.45. The number of benzene rings is 2. The number of carbonyl (C=O) groups excluding carboxylic acids is 1. The lowest BCUT2D eigenvalue weighted by Gasteiger charge is -2.39. The van der Waals surface area contributed by atoms with Gasteiger partial charge in [0.15, 0.2) is 0 Å². The lowest BCUT2D eigenvalue weighted by atomic mass is 9.83. The van der Waals surface area contributed by atoms with E-state index in [2.05, 4.69) is 12.1 Å². The topological polar surface area (TPSA) is 55.6 Å². The zero-order valence-corrected chi connectivity index (χ0v) is 13.3. The molecular weight excluding hydrogens is 307 g/mol. The number of hydrogen-bond donors (Lipinski definition) is 1. The minimum atomic E-state index is -0.553. The van der Waals surface area contributed by atoms with Crippen molar-refractivity contribution in [3.63, 3.8) is 0 Å². The molecule has 0 bridgehead atoms. The van der Waals surface area contributed by atoms with E-state index in [1.54, 1.807) is 11.0 Å². The summed E-state index contributed by atoms with van der Waals surface area (Å²) in [4.78, 5) is 14.4. The number of likely N-dealkylation sites (tertiary alicyclic amines) is 1. The lowest BCUT2D eigenvalue weighted by molar-refractivity contribution is -0.0741. The van der Waals surface area contributed by atoms with Gasteiger partial charge < -0.3 is 15.4 Å². The maximum absolute atomic E-state index is 13.6. The molecule has 1 fully saturated rings. The smallest absolute Gasteiger partial charge is 0.253 e. The monoisotopic (exact) mass is 326 g/mol. The number of nitrogens with zero attached hydrogens (tertiary/aromatic N) is 1. The first kappa shape index (κ1) is 15.1. The van der Waals surface area contributed by atoms with Crippen molar-refractivity contribution in [1.82, 2.24) is 4.90 Å². The molecule has 0 atom stereocenters. The first-order valence-electron chi connectivity index (χ1n) is 8.16. The number of fused-ring (bicyclic) bond motifs is 2. The minimum Gasteiger partial charge on any atom is -0.396 e. The van der Waals surface area contributed by atoms with Crippen molar-refractivity contribution in [2.45, 2.75) is 25.0 Å². The van der Waals surface area contributed by atoms with Crippen molar-refractivity contribution in [2.24, 2.45) is 0 Å². The fraction of sp³-hybridized carbons (Fsp3) is 0.316. The van der Waals surface area contributed by atoms with Crippen LogP contribution in [0.5, 0.6) is 0 Å². The van der Waals surface area contributed by atoms with Crippen LogP contribution in [-0.2, 0) is 16.9 Å². The molecule has 2 aromatic carbocycles. The SMILES string of the molecule is Nc1ccc(C(=O)N2CCC3(CC2)OCc2ccccc23)cc1F. The van der Waals surface area contributed by atoms with Gasteiger partial charge in [0.25, 0.3) is 5.91 Å². The van der Waals surface area contributed by atoms with Gasteiger partial charge in [-0.3, -0.25) is 4.79 Å². The second-order valence-corrected chi connectivity index (χ2v) is 6.47. The molecule has 1 spiro atoms. The fourth-order valence-electron chi connectivity index (χ4n) is 3.71.